The van der Waals surface area contributed by atoms with Gasteiger partial charge in [-0.25, -0.2) is 4.79 Å². The number of hydrogen-bond donors (Lipinski definition) is 2. The highest BCUT2D eigenvalue weighted by molar-refractivity contribution is 6.08. The van der Waals surface area contributed by atoms with Gasteiger partial charge < -0.3 is 19.9 Å². The van der Waals surface area contributed by atoms with Crippen LogP contribution in [0.5, 0.6) is 6.01 Å². The Bertz CT molecular complexity index is 1730. The SMILES string of the molecule is Cn1cc(NC(=O)c2ccccc2-c2ccc(C(F)(F)F)cc2)nc1OC(=O)NCCCc1ccc(-c2ccccc2)cc1. The zero-order valence-electron chi connectivity index (χ0n) is 23.8. The Kier molecular flexibility index (Phi) is 9.09. The largest absolute Gasteiger partial charge is 0.416 e. The molecule has 0 saturated carbocycles. The van der Waals surface area contributed by atoms with Crippen LogP contribution in [0, 0.1) is 0 Å². The molecule has 0 aliphatic carbocycles. The number of nitrogens with one attached hydrogen (secondary N) is 2. The van der Waals surface area contributed by atoms with E-state index in [4.69, 9.17) is 4.74 Å². The van der Waals surface area contributed by atoms with E-state index in [0.717, 1.165) is 35.2 Å². The first-order valence-electron chi connectivity index (χ1n) is 13.9. The van der Waals surface area contributed by atoms with E-state index in [0.29, 0.717) is 24.1 Å². The summed E-state index contributed by atoms with van der Waals surface area (Å²) in [7, 11) is 1.61. The molecule has 0 unspecified atom stereocenters. The van der Waals surface area contributed by atoms with Crippen molar-refractivity contribution in [3.05, 3.63) is 126 Å². The van der Waals surface area contributed by atoms with Gasteiger partial charge in [0, 0.05) is 19.2 Å². The highest BCUT2D eigenvalue weighted by Crippen LogP contribution is 2.32. The highest BCUT2D eigenvalue weighted by atomic mass is 19.4. The Morgan fingerprint density at radius 1 is 0.818 bits per heavy atom. The minimum atomic E-state index is -4.46. The molecule has 2 N–H and O–H groups in total. The van der Waals surface area contributed by atoms with E-state index in [1.807, 2.05) is 18.2 Å². The molecule has 10 heteroatoms. The molecule has 0 saturated heterocycles. The zero-order chi connectivity index (χ0) is 31.1. The molecular formula is C34H29F3N4O3. The number of anilines is 1. The van der Waals surface area contributed by atoms with Crippen LogP contribution in [0.15, 0.2) is 109 Å². The summed E-state index contributed by atoms with van der Waals surface area (Å²) in [6.07, 6.45) is -2.16. The molecule has 0 aliphatic heterocycles. The standard InChI is InChI=1S/C34H29F3N4O3/c1-41-22-30(39-31(42)29-12-6-5-11-28(29)26-17-19-27(20-18-26)34(35,36)37)40-32(41)44-33(43)38-21-7-8-23-13-15-25(16-14-23)24-9-3-2-4-10-24/h2-6,9-20,22H,7-8,21H2,1H3,(H,38,43)(H,39,42). The first-order valence-corrected chi connectivity index (χ1v) is 13.9. The lowest BCUT2D eigenvalue weighted by Crippen LogP contribution is -2.28. The first-order chi connectivity index (χ1) is 21.2. The van der Waals surface area contributed by atoms with E-state index in [9.17, 15) is 22.8 Å². The number of amides is 2. The fraction of sp³-hybridized carbons (Fsp3) is 0.147. The molecule has 0 spiro atoms. The third-order valence-corrected chi connectivity index (χ3v) is 6.93. The number of rotatable bonds is 9. The summed E-state index contributed by atoms with van der Waals surface area (Å²) in [6.45, 7) is 0.397. The van der Waals surface area contributed by atoms with Gasteiger partial charge in [0.25, 0.3) is 5.91 Å². The molecule has 4 aromatic carbocycles. The summed E-state index contributed by atoms with van der Waals surface area (Å²) < 4.78 is 45.7. The maximum absolute atomic E-state index is 13.1. The summed E-state index contributed by atoms with van der Waals surface area (Å²) in [5.41, 5.74) is 3.83. The third-order valence-electron chi connectivity index (χ3n) is 6.93. The van der Waals surface area contributed by atoms with Gasteiger partial charge in [-0.1, -0.05) is 84.9 Å². The van der Waals surface area contributed by atoms with Gasteiger partial charge in [0.1, 0.15) is 0 Å². The Morgan fingerprint density at radius 3 is 2.16 bits per heavy atom. The predicted molar refractivity (Wildman–Crippen MR) is 162 cm³/mol. The number of carbonyl (C=O) groups excluding carboxylic acids is 2. The van der Waals surface area contributed by atoms with Crippen molar-refractivity contribution < 1.29 is 27.5 Å². The van der Waals surface area contributed by atoms with E-state index in [2.05, 4.69) is 52.0 Å². The van der Waals surface area contributed by atoms with Crippen LogP contribution in [0.2, 0.25) is 0 Å². The van der Waals surface area contributed by atoms with E-state index >= 15 is 0 Å². The van der Waals surface area contributed by atoms with Gasteiger partial charge in [-0.3, -0.25) is 4.79 Å². The lowest BCUT2D eigenvalue weighted by Gasteiger charge is -2.11. The molecule has 0 fully saturated rings. The molecule has 1 aromatic heterocycles. The fourth-order valence-corrected chi connectivity index (χ4v) is 4.66. The minimum absolute atomic E-state index is 0.0228. The fourth-order valence-electron chi connectivity index (χ4n) is 4.66. The number of carbonyl (C=O) groups is 2. The first kappa shape index (κ1) is 30.1. The van der Waals surface area contributed by atoms with Crippen LogP contribution >= 0.6 is 0 Å². The van der Waals surface area contributed by atoms with Crippen molar-refractivity contribution in [1.82, 2.24) is 14.9 Å². The third kappa shape index (κ3) is 7.52. The average molecular weight is 599 g/mol. The Hall–Kier alpha value is -5.38. The van der Waals surface area contributed by atoms with Gasteiger partial charge in [0.2, 0.25) is 0 Å². The molecule has 0 radical (unpaired) electrons. The number of aryl methyl sites for hydroxylation is 2. The van der Waals surface area contributed by atoms with Gasteiger partial charge >= 0.3 is 18.3 Å². The van der Waals surface area contributed by atoms with Crippen molar-refractivity contribution in [2.45, 2.75) is 19.0 Å². The van der Waals surface area contributed by atoms with Crippen LogP contribution in [-0.2, 0) is 19.6 Å². The number of imidazole rings is 1. The summed E-state index contributed by atoms with van der Waals surface area (Å²) in [5, 5.41) is 5.37. The second-order valence-corrected chi connectivity index (χ2v) is 10.1. The van der Waals surface area contributed by atoms with Crippen LogP contribution in [0.4, 0.5) is 23.8 Å². The second kappa shape index (κ2) is 13.3. The molecule has 2 amide bonds. The van der Waals surface area contributed by atoms with E-state index in [-0.39, 0.29) is 17.4 Å². The maximum atomic E-state index is 13.1. The van der Waals surface area contributed by atoms with E-state index in [1.54, 1.807) is 31.3 Å². The molecule has 0 atom stereocenters. The number of aromatic nitrogens is 2. The number of ether oxygens (including phenoxy) is 1. The quantitative estimate of drug-likeness (QED) is 0.170. The lowest BCUT2D eigenvalue weighted by molar-refractivity contribution is -0.137. The minimum Gasteiger partial charge on any atom is -0.375 e. The number of benzene rings is 4. The van der Waals surface area contributed by atoms with Crippen LogP contribution in [0.3, 0.4) is 0 Å². The molecule has 44 heavy (non-hydrogen) atoms. The van der Waals surface area contributed by atoms with Gasteiger partial charge in [-0.15, -0.1) is 0 Å². The molecule has 7 nitrogen and oxygen atoms in total. The average Bonchev–Trinajstić information content (AvgIpc) is 3.37. The number of nitrogens with zero attached hydrogens (tertiary/aromatic N) is 2. The maximum Gasteiger partial charge on any atom is 0.416 e. The van der Waals surface area contributed by atoms with Crippen molar-refractivity contribution in [1.29, 1.82) is 0 Å². The Labute approximate surface area is 252 Å². The molecular weight excluding hydrogens is 569 g/mol. The number of alkyl halides is 3. The van der Waals surface area contributed by atoms with Crippen molar-refractivity contribution in [3.63, 3.8) is 0 Å². The highest BCUT2D eigenvalue weighted by Gasteiger charge is 2.30. The van der Waals surface area contributed by atoms with Crippen molar-refractivity contribution in [2.75, 3.05) is 11.9 Å². The van der Waals surface area contributed by atoms with E-state index < -0.39 is 23.7 Å². The molecule has 0 aliphatic rings. The van der Waals surface area contributed by atoms with Crippen LogP contribution in [0.1, 0.15) is 27.9 Å². The molecule has 5 aromatic rings. The molecule has 0 bridgehead atoms. The molecule has 5 rings (SSSR count). The second-order valence-electron chi connectivity index (χ2n) is 10.1. The van der Waals surface area contributed by atoms with Gasteiger partial charge in [0.05, 0.1) is 11.8 Å². The van der Waals surface area contributed by atoms with Crippen LogP contribution in [0.25, 0.3) is 22.3 Å². The van der Waals surface area contributed by atoms with Crippen molar-refractivity contribution in [2.24, 2.45) is 7.05 Å². The summed E-state index contributed by atoms with van der Waals surface area (Å²) in [6, 6.07) is 29.6. The zero-order valence-corrected chi connectivity index (χ0v) is 23.8. The Balaban J connectivity index is 1.13. The summed E-state index contributed by atoms with van der Waals surface area (Å²) >= 11 is 0. The van der Waals surface area contributed by atoms with Crippen LogP contribution < -0.4 is 15.4 Å². The van der Waals surface area contributed by atoms with Crippen molar-refractivity contribution >= 4 is 17.8 Å². The topological polar surface area (TPSA) is 85.2 Å². The summed E-state index contributed by atoms with van der Waals surface area (Å²) in [4.78, 5) is 29.7. The lowest BCUT2D eigenvalue weighted by atomic mass is 9.98. The molecule has 224 valence electrons. The number of halogens is 3. The van der Waals surface area contributed by atoms with Crippen LogP contribution in [-0.4, -0.2) is 28.1 Å². The predicted octanol–water partition coefficient (Wildman–Crippen LogP) is 7.75. The monoisotopic (exact) mass is 598 g/mol. The number of hydrogen-bond acceptors (Lipinski definition) is 4. The smallest absolute Gasteiger partial charge is 0.375 e. The molecule has 1 heterocycles. The van der Waals surface area contributed by atoms with Gasteiger partial charge in [-0.05, 0) is 58.9 Å². The summed E-state index contributed by atoms with van der Waals surface area (Å²) in [5.74, 6) is -0.382. The van der Waals surface area contributed by atoms with Gasteiger partial charge in [-0.2, -0.15) is 18.2 Å². The van der Waals surface area contributed by atoms with Gasteiger partial charge in [0.15, 0.2) is 5.82 Å². The normalized spacial score (nSPS) is 11.2. The van der Waals surface area contributed by atoms with E-state index in [1.165, 1.54) is 22.9 Å². The van der Waals surface area contributed by atoms with Crippen molar-refractivity contribution in [3.8, 4) is 28.3 Å². The Morgan fingerprint density at radius 2 is 1.45 bits per heavy atom.